The Morgan fingerprint density at radius 2 is 2.10 bits per heavy atom. The van der Waals surface area contributed by atoms with E-state index in [1.54, 1.807) is 4.90 Å². The molecule has 0 atom stereocenters. The SMILES string of the molecule is CCN1CCN(CS)C1=O. The maximum atomic E-state index is 11.2. The molecule has 0 aromatic carbocycles. The number of carbonyl (C=O) groups is 1. The topological polar surface area (TPSA) is 23.6 Å². The summed E-state index contributed by atoms with van der Waals surface area (Å²) < 4.78 is 0. The molecule has 0 unspecified atom stereocenters. The molecular formula is C6H12N2OS. The van der Waals surface area contributed by atoms with E-state index in [-0.39, 0.29) is 6.03 Å². The summed E-state index contributed by atoms with van der Waals surface area (Å²) in [5.41, 5.74) is 0. The highest BCUT2D eigenvalue weighted by Crippen LogP contribution is 2.07. The fraction of sp³-hybridized carbons (Fsp3) is 0.833. The van der Waals surface area contributed by atoms with E-state index in [4.69, 9.17) is 0 Å². The third kappa shape index (κ3) is 1.21. The summed E-state index contributed by atoms with van der Waals surface area (Å²) in [7, 11) is 0. The van der Waals surface area contributed by atoms with Crippen LogP contribution in [0.2, 0.25) is 0 Å². The summed E-state index contributed by atoms with van der Waals surface area (Å²) in [4.78, 5) is 14.7. The van der Waals surface area contributed by atoms with Crippen molar-refractivity contribution in [3.63, 3.8) is 0 Å². The second-order valence-electron chi connectivity index (χ2n) is 2.27. The molecule has 0 bridgehead atoms. The lowest BCUT2D eigenvalue weighted by Crippen LogP contribution is -2.30. The van der Waals surface area contributed by atoms with Gasteiger partial charge in [-0.1, -0.05) is 0 Å². The third-order valence-corrected chi connectivity index (χ3v) is 2.07. The second kappa shape index (κ2) is 3.14. The minimum Gasteiger partial charge on any atom is -0.323 e. The molecule has 2 amide bonds. The zero-order valence-corrected chi connectivity index (χ0v) is 6.97. The quantitative estimate of drug-likeness (QED) is 0.588. The van der Waals surface area contributed by atoms with Gasteiger partial charge in [0.2, 0.25) is 0 Å². The lowest BCUT2D eigenvalue weighted by atomic mass is 10.6. The molecule has 0 aromatic rings. The van der Waals surface area contributed by atoms with Crippen LogP contribution in [0.4, 0.5) is 4.79 Å². The average Bonchev–Trinajstić information content (AvgIpc) is 2.30. The molecule has 1 aliphatic heterocycles. The largest absolute Gasteiger partial charge is 0.323 e. The summed E-state index contributed by atoms with van der Waals surface area (Å²) in [6, 6.07) is 0.123. The van der Waals surface area contributed by atoms with E-state index < -0.39 is 0 Å². The Hall–Kier alpha value is -0.380. The molecule has 1 heterocycles. The van der Waals surface area contributed by atoms with E-state index in [0.29, 0.717) is 5.88 Å². The number of thiol groups is 1. The summed E-state index contributed by atoms with van der Waals surface area (Å²) in [6.07, 6.45) is 0. The molecule has 1 saturated heterocycles. The minimum atomic E-state index is 0.123. The first-order valence-electron chi connectivity index (χ1n) is 3.44. The third-order valence-electron chi connectivity index (χ3n) is 1.73. The minimum absolute atomic E-state index is 0.123. The van der Waals surface area contributed by atoms with E-state index in [1.807, 2.05) is 11.8 Å². The van der Waals surface area contributed by atoms with Gasteiger partial charge in [-0.15, -0.1) is 0 Å². The highest BCUT2D eigenvalue weighted by atomic mass is 32.1. The number of nitrogens with zero attached hydrogens (tertiary/aromatic N) is 2. The van der Waals surface area contributed by atoms with Crippen LogP contribution < -0.4 is 0 Å². The Labute approximate surface area is 66.4 Å². The number of hydrogen-bond acceptors (Lipinski definition) is 2. The standard InChI is InChI=1S/C6H12N2OS/c1-2-7-3-4-8(5-10)6(7)9/h10H,2-5H2,1H3. The fourth-order valence-electron chi connectivity index (χ4n) is 1.06. The molecule has 0 N–H and O–H groups in total. The maximum absolute atomic E-state index is 11.2. The monoisotopic (exact) mass is 160 g/mol. The fourth-order valence-corrected chi connectivity index (χ4v) is 1.32. The van der Waals surface area contributed by atoms with E-state index in [9.17, 15) is 4.79 Å². The molecule has 4 heteroatoms. The van der Waals surface area contributed by atoms with Crippen molar-refractivity contribution >= 4 is 18.7 Å². The van der Waals surface area contributed by atoms with Gasteiger partial charge in [0.1, 0.15) is 0 Å². The van der Waals surface area contributed by atoms with Crippen molar-refractivity contribution in [3.8, 4) is 0 Å². The summed E-state index contributed by atoms with van der Waals surface area (Å²) in [5.74, 6) is 0.537. The highest BCUT2D eigenvalue weighted by molar-refractivity contribution is 7.80. The van der Waals surface area contributed by atoms with E-state index in [0.717, 1.165) is 19.6 Å². The zero-order valence-electron chi connectivity index (χ0n) is 6.08. The van der Waals surface area contributed by atoms with Crippen LogP contribution in [-0.4, -0.2) is 41.3 Å². The first-order valence-corrected chi connectivity index (χ1v) is 4.07. The van der Waals surface area contributed by atoms with Crippen LogP contribution in [0.15, 0.2) is 0 Å². The smallest absolute Gasteiger partial charge is 0.320 e. The van der Waals surface area contributed by atoms with Crippen molar-refractivity contribution < 1.29 is 4.79 Å². The molecule has 1 aliphatic rings. The van der Waals surface area contributed by atoms with Crippen LogP contribution in [0, 0.1) is 0 Å². The van der Waals surface area contributed by atoms with Crippen LogP contribution in [0.3, 0.4) is 0 Å². The van der Waals surface area contributed by atoms with E-state index in [1.165, 1.54) is 0 Å². The van der Waals surface area contributed by atoms with Gasteiger partial charge < -0.3 is 9.80 Å². The normalized spacial score (nSPS) is 18.8. The number of carbonyl (C=O) groups excluding carboxylic acids is 1. The highest BCUT2D eigenvalue weighted by Gasteiger charge is 2.25. The molecule has 0 spiro atoms. The number of rotatable bonds is 2. The Morgan fingerprint density at radius 3 is 2.40 bits per heavy atom. The van der Waals surface area contributed by atoms with Crippen molar-refractivity contribution in [2.24, 2.45) is 0 Å². The van der Waals surface area contributed by atoms with E-state index >= 15 is 0 Å². The van der Waals surface area contributed by atoms with Crippen LogP contribution >= 0.6 is 12.6 Å². The van der Waals surface area contributed by atoms with Gasteiger partial charge in [-0.2, -0.15) is 12.6 Å². The van der Waals surface area contributed by atoms with Crippen molar-refractivity contribution in [1.29, 1.82) is 0 Å². The van der Waals surface area contributed by atoms with Crippen molar-refractivity contribution in [1.82, 2.24) is 9.80 Å². The molecule has 0 aromatic heterocycles. The van der Waals surface area contributed by atoms with Gasteiger partial charge in [-0.3, -0.25) is 0 Å². The van der Waals surface area contributed by atoms with Crippen molar-refractivity contribution in [3.05, 3.63) is 0 Å². The van der Waals surface area contributed by atoms with Crippen molar-refractivity contribution in [2.45, 2.75) is 6.92 Å². The van der Waals surface area contributed by atoms with Crippen LogP contribution in [-0.2, 0) is 0 Å². The predicted octanol–water partition coefficient (Wildman–Crippen LogP) is 0.631. The van der Waals surface area contributed by atoms with Gasteiger partial charge in [0.25, 0.3) is 0 Å². The number of amides is 2. The van der Waals surface area contributed by atoms with Crippen LogP contribution in [0.1, 0.15) is 6.92 Å². The Bertz CT molecular complexity index is 126. The lowest BCUT2D eigenvalue weighted by molar-refractivity contribution is 0.199. The summed E-state index contributed by atoms with van der Waals surface area (Å²) >= 11 is 4.03. The molecule has 0 aliphatic carbocycles. The van der Waals surface area contributed by atoms with Crippen LogP contribution in [0.25, 0.3) is 0 Å². The summed E-state index contributed by atoms with van der Waals surface area (Å²) in [6.45, 7) is 4.48. The van der Waals surface area contributed by atoms with Gasteiger partial charge in [-0.05, 0) is 6.92 Å². The zero-order chi connectivity index (χ0) is 7.56. The molecule has 10 heavy (non-hydrogen) atoms. The predicted molar refractivity (Wildman–Crippen MR) is 43.2 cm³/mol. The lowest BCUT2D eigenvalue weighted by Gasteiger charge is -2.14. The van der Waals surface area contributed by atoms with E-state index in [2.05, 4.69) is 12.6 Å². The molecular weight excluding hydrogens is 148 g/mol. The molecule has 3 nitrogen and oxygen atoms in total. The van der Waals surface area contributed by atoms with Gasteiger partial charge in [-0.25, -0.2) is 4.79 Å². The average molecular weight is 160 g/mol. The first kappa shape index (κ1) is 7.72. The molecule has 0 saturated carbocycles. The Balaban J connectivity index is 2.49. The van der Waals surface area contributed by atoms with Gasteiger partial charge >= 0.3 is 6.03 Å². The molecule has 1 fully saturated rings. The second-order valence-corrected chi connectivity index (χ2v) is 2.55. The van der Waals surface area contributed by atoms with Crippen molar-refractivity contribution in [2.75, 3.05) is 25.5 Å². The van der Waals surface area contributed by atoms with Gasteiger partial charge in [0, 0.05) is 19.6 Å². The molecule has 1 rings (SSSR count). The maximum Gasteiger partial charge on any atom is 0.320 e. The summed E-state index contributed by atoms with van der Waals surface area (Å²) in [5, 5.41) is 0. The Morgan fingerprint density at radius 1 is 1.50 bits per heavy atom. The molecule has 58 valence electrons. The van der Waals surface area contributed by atoms with Gasteiger partial charge in [0.05, 0.1) is 5.88 Å². The van der Waals surface area contributed by atoms with Gasteiger partial charge in [0.15, 0.2) is 0 Å². The first-order chi connectivity index (χ1) is 4.79. The number of likely N-dealkylation sites (N-methyl/N-ethyl adjacent to an activating group) is 1. The van der Waals surface area contributed by atoms with Crippen LogP contribution in [0.5, 0.6) is 0 Å². The Kier molecular flexibility index (Phi) is 2.43. The molecule has 0 radical (unpaired) electrons. The number of hydrogen-bond donors (Lipinski definition) is 1. The number of urea groups is 1.